The Morgan fingerprint density at radius 3 is 2.48 bits per heavy atom. The molecule has 0 aromatic heterocycles. The van der Waals surface area contributed by atoms with E-state index in [4.69, 9.17) is 9.73 Å². The normalized spacial score (nSPS) is 23.5. The molecule has 0 radical (unpaired) electrons. The van der Waals surface area contributed by atoms with E-state index in [-0.39, 0.29) is 5.54 Å². The van der Waals surface area contributed by atoms with Crippen LogP contribution in [0.1, 0.15) is 46.5 Å². The quantitative estimate of drug-likeness (QED) is 0.597. The van der Waals surface area contributed by atoms with Crippen molar-refractivity contribution in [1.82, 2.24) is 15.5 Å². The van der Waals surface area contributed by atoms with E-state index < -0.39 is 0 Å². The van der Waals surface area contributed by atoms with Crippen LogP contribution in [-0.4, -0.2) is 61.8 Å². The van der Waals surface area contributed by atoms with Gasteiger partial charge in [-0.05, 0) is 59.5 Å². The Hall–Kier alpha value is -0.810. The van der Waals surface area contributed by atoms with Gasteiger partial charge < -0.3 is 15.4 Å². The lowest BCUT2D eigenvalue weighted by Gasteiger charge is -2.43. The van der Waals surface area contributed by atoms with Gasteiger partial charge in [-0.1, -0.05) is 0 Å². The summed E-state index contributed by atoms with van der Waals surface area (Å²) < 4.78 is 5.60. The van der Waals surface area contributed by atoms with Crippen molar-refractivity contribution in [2.45, 2.75) is 58.0 Å². The summed E-state index contributed by atoms with van der Waals surface area (Å²) in [6, 6.07) is 0.403. The van der Waals surface area contributed by atoms with Crippen LogP contribution in [0, 0.1) is 0 Å². The third-order valence-corrected chi connectivity index (χ3v) is 4.50. The molecule has 122 valence electrons. The van der Waals surface area contributed by atoms with E-state index in [1.54, 1.807) is 0 Å². The van der Waals surface area contributed by atoms with Gasteiger partial charge in [-0.3, -0.25) is 9.89 Å². The summed E-state index contributed by atoms with van der Waals surface area (Å²) in [7, 11) is 0. The summed E-state index contributed by atoms with van der Waals surface area (Å²) in [4.78, 5) is 7.56. The molecule has 0 saturated carbocycles. The van der Waals surface area contributed by atoms with Crippen LogP contribution in [0.5, 0.6) is 0 Å². The summed E-state index contributed by atoms with van der Waals surface area (Å²) in [5.41, 5.74) is 0.216. The highest BCUT2D eigenvalue weighted by molar-refractivity contribution is 5.80. The van der Waals surface area contributed by atoms with Gasteiger partial charge in [0.05, 0.1) is 6.54 Å². The first kappa shape index (κ1) is 16.6. The molecule has 0 aromatic rings. The Morgan fingerprint density at radius 2 is 1.90 bits per heavy atom. The van der Waals surface area contributed by atoms with Crippen LogP contribution < -0.4 is 10.6 Å². The first-order chi connectivity index (χ1) is 10.2. The fraction of sp³-hybridized carbons (Fsp3) is 0.938. The monoisotopic (exact) mass is 296 g/mol. The number of likely N-dealkylation sites (tertiary alicyclic amines) is 1. The SMILES string of the molecule is CCNC(=NCC1(N2CCCC2)CCOCC1)NC(C)C. The molecule has 0 bridgehead atoms. The Kier molecular flexibility index (Phi) is 6.30. The smallest absolute Gasteiger partial charge is 0.191 e. The molecule has 2 saturated heterocycles. The second-order valence-corrected chi connectivity index (χ2v) is 6.53. The third-order valence-electron chi connectivity index (χ3n) is 4.50. The molecule has 0 aliphatic carbocycles. The van der Waals surface area contributed by atoms with Crippen LogP contribution in [0.4, 0.5) is 0 Å². The molecule has 2 aliphatic rings. The molecular formula is C16H32N4O. The van der Waals surface area contributed by atoms with Crippen LogP contribution in [0.25, 0.3) is 0 Å². The van der Waals surface area contributed by atoms with E-state index in [9.17, 15) is 0 Å². The summed E-state index contributed by atoms with van der Waals surface area (Å²) in [6.45, 7) is 12.4. The van der Waals surface area contributed by atoms with Gasteiger partial charge in [-0.25, -0.2) is 0 Å². The molecule has 0 amide bonds. The number of rotatable bonds is 5. The molecule has 2 heterocycles. The molecule has 0 aromatic carbocycles. The molecule has 0 spiro atoms. The van der Waals surface area contributed by atoms with Crippen LogP contribution in [0.3, 0.4) is 0 Å². The number of hydrogen-bond acceptors (Lipinski definition) is 3. The number of aliphatic imine (C=N–C) groups is 1. The molecule has 0 unspecified atom stereocenters. The van der Waals surface area contributed by atoms with Gasteiger partial charge in [-0.2, -0.15) is 0 Å². The highest BCUT2D eigenvalue weighted by atomic mass is 16.5. The van der Waals surface area contributed by atoms with Gasteiger partial charge in [0.15, 0.2) is 5.96 Å². The zero-order chi connectivity index (χ0) is 15.1. The van der Waals surface area contributed by atoms with Gasteiger partial charge >= 0.3 is 0 Å². The fourth-order valence-electron chi connectivity index (χ4n) is 3.34. The van der Waals surface area contributed by atoms with Crippen molar-refractivity contribution >= 4 is 5.96 Å². The third kappa shape index (κ3) is 4.58. The summed E-state index contributed by atoms with van der Waals surface area (Å²) in [5, 5.41) is 6.77. The van der Waals surface area contributed by atoms with Crippen LogP contribution in [-0.2, 0) is 4.74 Å². The highest BCUT2D eigenvalue weighted by Gasteiger charge is 2.39. The average Bonchev–Trinajstić information content (AvgIpc) is 3.00. The lowest BCUT2D eigenvalue weighted by atomic mass is 9.88. The maximum absolute atomic E-state index is 5.60. The van der Waals surface area contributed by atoms with E-state index >= 15 is 0 Å². The largest absolute Gasteiger partial charge is 0.381 e. The Labute approximate surface area is 129 Å². The van der Waals surface area contributed by atoms with Gasteiger partial charge in [0.2, 0.25) is 0 Å². The van der Waals surface area contributed by atoms with Gasteiger partial charge in [-0.15, -0.1) is 0 Å². The van der Waals surface area contributed by atoms with Crippen LogP contribution >= 0.6 is 0 Å². The molecule has 2 fully saturated rings. The van der Waals surface area contributed by atoms with E-state index in [0.29, 0.717) is 6.04 Å². The second kappa shape index (κ2) is 7.99. The average molecular weight is 296 g/mol. The van der Waals surface area contributed by atoms with Crippen molar-refractivity contribution in [3.8, 4) is 0 Å². The molecule has 2 aliphatic heterocycles. The fourth-order valence-corrected chi connectivity index (χ4v) is 3.34. The van der Waals surface area contributed by atoms with Crippen molar-refractivity contribution in [2.24, 2.45) is 4.99 Å². The van der Waals surface area contributed by atoms with Crippen LogP contribution in [0.2, 0.25) is 0 Å². The van der Waals surface area contributed by atoms with Gasteiger partial charge in [0.25, 0.3) is 0 Å². The highest BCUT2D eigenvalue weighted by Crippen LogP contribution is 2.31. The van der Waals surface area contributed by atoms with Crippen LogP contribution in [0.15, 0.2) is 4.99 Å². The van der Waals surface area contributed by atoms with E-state index in [1.807, 2.05) is 0 Å². The summed E-state index contributed by atoms with van der Waals surface area (Å²) in [6.07, 6.45) is 4.88. The molecular weight excluding hydrogens is 264 g/mol. The second-order valence-electron chi connectivity index (χ2n) is 6.53. The predicted octanol–water partition coefficient (Wildman–Crippen LogP) is 1.59. The maximum Gasteiger partial charge on any atom is 0.191 e. The maximum atomic E-state index is 5.60. The van der Waals surface area contributed by atoms with E-state index in [2.05, 4.69) is 36.3 Å². The first-order valence-corrected chi connectivity index (χ1v) is 8.54. The summed E-state index contributed by atoms with van der Waals surface area (Å²) >= 11 is 0. The van der Waals surface area contributed by atoms with E-state index in [0.717, 1.165) is 45.1 Å². The first-order valence-electron chi connectivity index (χ1n) is 8.54. The minimum absolute atomic E-state index is 0.216. The lowest BCUT2D eigenvalue weighted by molar-refractivity contribution is -0.0139. The minimum Gasteiger partial charge on any atom is -0.381 e. The molecule has 2 N–H and O–H groups in total. The van der Waals surface area contributed by atoms with Crippen molar-refractivity contribution in [1.29, 1.82) is 0 Å². The lowest BCUT2D eigenvalue weighted by Crippen LogP contribution is -2.54. The van der Waals surface area contributed by atoms with Crippen molar-refractivity contribution < 1.29 is 4.74 Å². The van der Waals surface area contributed by atoms with Crippen molar-refractivity contribution in [3.05, 3.63) is 0 Å². The minimum atomic E-state index is 0.216. The standard InChI is InChI=1S/C16H32N4O/c1-4-17-15(19-14(2)3)18-13-16(7-11-21-12-8-16)20-9-5-6-10-20/h14H,4-13H2,1-3H3,(H2,17,18,19). The molecule has 21 heavy (non-hydrogen) atoms. The summed E-state index contributed by atoms with van der Waals surface area (Å²) in [5.74, 6) is 0.942. The molecule has 2 rings (SSSR count). The zero-order valence-corrected chi connectivity index (χ0v) is 14.0. The topological polar surface area (TPSA) is 48.9 Å². The van der Waals surface area contributed by atoms with E-state index in [1.165, 1.54) is 25.9 Å². The molecule has 5 nitrogen and oxygen atoms in total. The van der Waals surface area contributed by atoms with Crippen molar-refractivity contribution in [2.75, 3.05) is 39.4 Å². The molecule has 5 heteroatoms. The number of hydrogen-bond donors (Lipinski definition) is 2. The molecule has 0 atom stereocenters. The van der Waals surface area contributed by atoms with Crippen molar-refractivity contribution in [3.63, 3.8) is 0 Å². The number of guanidine groups is 1. The predicted molar refractivity (Wildman–Crippen MR) is 87.8 cm³/mol. The Morgan fingerprint density at radius 1 is 1.24 bits per heavy atom. The van der Waals surface area contributed by atoms with Gasteiger partial charge in [0.1, 0.15) is 0 Å². The number of nitrogens with zero attached hydrogens (tertiary/aromatic N) is 2. The zero-order valence-electron chi connectivity index (χ0n) is 14.0. The number of ether oxygens (including phenoxy) is 1. The Balaban J connectivity index is 2.05. The number of nitrogens with one attached hydrogen (secondary N) is 2. The van der Waals surface area contributed by atoms with Gasteiger partial charge in [0, 0.05) is 31.3 Å². The Bertz CT molecular complexity index is 331.